The SMILES string of the molecule is CCOC(=O)C(C)Oc1ccc(N(C)c2cc3ccc(Cl)cc3c(SC)n2)cc1. The number of esters is 1. The van der Waals surface area contributed by atoms with Crippen molar-refractivity contribution < 1.29 is 14.3 Å². The average Bonchev–Trinajstić information content (AvgIpc) is 2.73. The van der Waals surface area contributed by atoms with Crippen LogP contribution in [0.4, 0.5) is 11.5 Å². The number of carbonyl (C=O) groups is 1. The third kappa shape index (κ3) is 4.95. The van der Waals surface area contributed by atoms with E-state index in [-0.39, 0.29) is 5.97 Å². The first-order chi connectivity index (χ1) is 13.9. The maximum Gasteiger partial charge on any atom is 0.347 e. The van der Waals surface area contributed by atoms with Crippen LogP contribution < -0.4 is 9.64 Å². The van der Waals surface area contributed by atoms with Crippen LogP contribution in [0.1, 0.15) is 13.8 Å². The van der Waals surface area contributed by atoms with E-state index in [0.29, 0.717) is 17.4 Å². The summed E-state index contributed by atoms with van der Waals surface area (Å²) in [5.41, 5.74) is 0.953. The van der Waals surface area contributed by atoms with Gasteiger partial charge in [-0.25, -0.2) is 9.78 Å². The number of halogens is 1. The molecule has 0 saturated heterocycles. The summed E-state index contributed by atoms with van der Waals surface area (Å²) in [6, 6.07) is 15.4. The van der Waals surface area contributed by atoms with E-state index in [1.807, 2.05) is 66.7 Å². The van der Waals surface area contributed by atoms with Crippen LogP contribution in [0, 0.1) is 0 Å². The standard InChI is InChI=1S/C22H23ClN2O3S/c1-5-27-22(26)14(2)28-18-10-8-17(9-11-18)25(3)20-12-15-6-7-16(23)13-19(15)21(24-20)29-4/h6-14H,5H2,1-4H3. The first kappa shape index (κ1) is 21.3. The van der Waals surface area contributed by atoms with Gasteiger partial charge in [-0.15, -0.1) is 11.8 Å². The second kappa shape index (κ2) is 9.37. The van der Waals surface area contributed by atoms with E-state index in [1.54, 1.807) is 25.6 Å². The minimum Gasteiger partial charge on any atom is -0.479 e. The van der Waals surface area contributed by atoms with Crippen LogP contribution in [0.15, 0.2) is 53.6 Å². The molecule has 152 valence electrons. The highest BCUT2D eigenvalue weighted by Crippen LogP contribution is 2.33. The zero-order valence-electron chi connectivity index (χ0n) is 16.8. The summed E-state index contributed by atoms with van der Waals surface area (Å²) in [5.74, 6) is 1.06. The van der Waals surface area contributed by atoms with Gasteiger partial charge in [0.2, 0.25) is 0 Å². The molecule has 0 amide bonds. The fourth-order valence-corrected chi connectivity index (χ4v) is 3.65. The maximum atomic E-state index is 11.7. The Morgan fingerprint density at radius 2 is 1.93 bits per heavy atom. The number of thioether (sulfide) groups is 1. The van der Waals surface area contributed by atoms with Gasteiger partial charge < -0.3 is 14.4 Å². The predicted molar refractivity (Wildman–Crippen MR) is 120 cm³/mol. The molecule has 3 rings (SSSR count). The summed E-state index contributed by atoms with van der Waals surface area (Å²) in [5, 5.41) is 3.75. The van der Waals surface area contributed by atoms with Crippen LogP contribution in [0.25, 0.3) is 10.8 Å². The molecule has 3 aromatic rings. The molecule has 1 aromatic heterocycles. The van der Waals surface area contributed by atoms with Crippen molar-refractivity contribution in [3.8, 4) is 5.75 Å². The molecule has 5 nitrogen and oxygen atoms in total. The summed E-state index contributed by atoms with van der Waals surface area (Å²) in [6.45, 7) is 3.78. The second-order valence-corrected chi connectivity index (χ2v) is 7.65. The second-order valence-electron chi connectivity index (χ2n) is 6.42. The molecule has 0 saturated carbocycles. The average molecular weight is 431 g/mol. The van der Waals surface area contributed by atoms with E-state index in [0.717, 1.165) is 27.3 Å². The summed E-state index contributed by atoms with van der Waals surface area (Å²) in [4.78, 5) is 18.5. The maximum absolute atomic E-state index is 11.7. The van der Waals surface area contributed by atoms with Gasteiger partial charge in [0.25, 0.3) is 0 Å². The van der Waals surface area contributed by atoms with Crippen molar-refractivity contribution in [2.45, 2.75) is 25.0 Å². The van der Waals surface area contributed by atoms with Gasteiger partial charge in [-0.05, 0) is 68.0 Å². The molecule has 0 spiro atoms. The van der Waals surface area contributed by atoms with Crippen molar-refractivity contribution >= 4 is 51.6 Å². The van der Waals surface area contributed by atoms with E-state index in [9.17, 15) is 4.79 Å². The number of nitrogens with zero attached hydrogens (tertiary/aromatic N) is 2. The lowest BCUT2D eigenvalue weighted by Gasteiger charge is -2.21. The summed E-state index contributed by atoms with van der Waals surface area (Å²) in [7, 11) is 1.96. The number of pyridine rings is 1. The summed E-state index contributed by atoms with van der Waals surface area (Å²) < 4.78 is 10.6. The Labute approximate surface area is 180 Å². The molecule has 0 aliphatic heterocycles. The molecule has 0 aliphatic carbocycles. The third-order valence-corrected chi connectivity index (χ3v) is 5.37. The number of carbonyl (C=O) groups excluding carboxylic acids is 1. The van der Waals surface area contributed by atoms with Gasteiger partial charge in [-0.3, -0.25) is 0 Å². The molecular weight excluding hydrogens is 408 g/mol. The highest BCUT2D eigenvalue weighted by Gasteiger charge is 2.16. The molecule has 7 heteroatoms. The number of hydrogen-bond donors (Lipinski definition) is 0. The lowest BCUT2D eigenvalue weighted by Crippen LogP contribution is -2.26. The first-order valence-corrected chi connectivity index (χ1v) is 10.8. The number of aromatic nitrogens is 1. The van der Waals surface area contributed by atoms with Crippen molar-refractivity contribution in [2.24, 2.45) is 0 Å². The highest BCUT2D eigenvalue weighted by molar-refractivity contribution is 7.98. The largest absolute Gasteiger partial charge is 0.479 e. The Morgan fingerprint density at radius 3 is 2.59 bits per heavy atom. The fraction of sp³-hybridized carbons (Fsp3) is 0.273. The first-order valence-electron chi connectivity index (χ1n) is 9.24. The number of hydrogen-bond acceptors (Lipinski definition) is 6. The van der Waals surface area contributed by atoms with Crippen molar-refractivity contribution in [2.75, 3.05) is 24.8 Å². The molecule has 0 radical (unpaired) electrons. The molecule has 0 bridgehead atoms. The summed E-state index contributed by atoms with van der Waals surface area (Å²) >= 11 is 7.73. The van der Waals surface area contributed by atoms with Gasteiger partial charge in [-0.1, -0.05) is 17.7 Å². The van der Waals surface area contributed by atoms with Gasteiger partial charge in [0.1, 0.15) is 16.6 Å². The topological polar surface area (TPSA) is 51.7 Å². The molecule has 1 unspecified atom stereocenters. The van der Waals surface area contributed by atoms with Gasteiger partial charge in [-0.2, -0.15) is 0 Å². The van der Waals surface area contributed by atoms with Gasteiger partial charge in [0.05, 0.1) is 6.61 Å². The lowest BCUT2D eigenvalue weighted by atomic mass is 10.1. The molecular formula is C22H23ClN2O3S. The molecule has 29 heavy (non-hydrogen) atoms. The minimum absolute atomic E-state index is 0.333. The zero-order chi connectivity index (χ0) is 21.0. The van der Waals surface area contributed by atoms with Crippen LogP contribution in [0.3, 0.4) is 0 Å². The van der Waals surface area contributed by atoms with E-state index < -0.39 is 6.10 Å². The molecule has 0 fully saturated rings. The van der Waals surface area contributed by atoms with Crippen LogP contribution >= 0.6 is 23.4 Å². The molecule has 0 N–H and O–H groups in total. The number of benzene rings is 2. The predicted octanol–water partition coefficient (Wildman–Crippen LogP) is 5.71. The van der Waals surface area contributed by atoms with E-state index in [1.165, 1.54) is 0 Å². The van der Waals surface area contributed by atoms with Gasteiger partial charge >= 0.3 is 5.97 Å². The quantitative estimate of drug-likeness (QED) is 0.353. The fourth-order valence-electron chi connectivity index (χ4n) is 2.90. The van der Waals surface area contributed by atoms with Crippen molar-refractivity contribution in [3.05, 3.63) is 53.6 Å². The van der Waals surface area contributed by atoms with Crippen LogP contribution in [0.5, 0.6) is 5.75 Å². The monoisotopic (exact) mass is 430 g/mol. The highest BCUT2D eigenvalue weighted by atomic mass is 35.5. The number of fused-ring (bicyclic) bond motifs is 1. The summed E-state index contributed by atoms with van der Waals surface area (Å²) in [6.07, 6.45) is 1.35. The molecule has 1 atom stereocenters. The third-order valence-electron chi connectivity index (χ3n) is 4.44. The minimum atomic E-state index is -0.656. The van der Waals surface area contributed by atoms with Crippen LogP contribution in [-0.2, 0) is 9.53 Å². The molecule has 0 aliphatic rings. The lowest BCUT2D eigenvalue weighted by molar-refractivity contribution is -0.150. The normalized spacial score (nSPS) is 11.9. The molecule has 2 aromatic carbocycles. The van der Waals surface area contributed by atoms with Gasteiger partial charge in [0, 0.05) is 23.1 Å². The van der Waals surface area contributed by atoms with Crippen molar-refractivity contribution in [1.29, 1.82) is 0 Å². The zero-order valence-corrected chi connectivity index (χ0v) is 18.4. The van der Waals surface area contributed by atoms with E-state index in [2.05, 4.69) is 0 Å². The van der Waals surface area contributed by atoms with E-state index in [4.69, 9.17) is 26.1 Å². The Hall–Kier alpha value is -2.44. The number of anilines is 2. The Kier molecular flexibility index (Phi) is 6.87. The number of ether oxygens (including phenoxy) is 2. The Bertz CT molecular complexity index is 1010. The van der Waals surface area contributed by atoms with Crippen molar-refractivity contribution in [1.82, 2.24) is 4.98 Å². The Balaban J connectivity index is 1.82. The van der Waals surface area contributed by atoms with Gasteiger partial charge in [0.15, 0.2) is 6.10 Å². The smallest absolute Gasteiger partial charge is 0.347 e. The van der Waals surface area contributed by atoms with Crippen LogP contribution in [0.2, 0.25) is 5.02 Å². The van der Waals surface area contributed by atoms with Crippen LogP contribution in [-0.4, -0.2) is 37.0 Å². The van der Waals surface area contributed by atoms with E-state index >= 15 is 0 Å². The number of rotatable bonds is 7. The molecule has 1 heterocycles. The van der Waals surface area contributed by atoms with Crippen molar-refractivity contribution in [3.63, 3.8) is 0 Å². The Morgan fingerprint density at radius 1 is 1.21 bits per heavy atom.